The van der Waals surface area contributed by atoms with Crippen LogP contribution in [0.1, 0.15) is 16.7 Å². The van der Waals surface area contributed by atoms with Gasteiger partial charge in [0.2, 0.25) is 0 Å². The lowest BCUT2D eigenvalue weighted by Gasteiger charge is -2.11. The van der Waals surface area contributed by atoms with E-state index in [-0.39, 0.29) is 0 Å². The van der Waals surface area contributed by atoms with Gasteiger partial charge in [-0.3, -0.25) is 0 Å². The second-order valence-electron chi connectivity index (χ2n) is 4.21. The molecule has 0 amide bonds. The smallest absolute Gasteiger partial charge is 0.191 e. The highest BCUT2D eigenvalue weighted by Gasteiger charge is 2.08. The van der Waals surface area contributed by atoms with Crippen molar-refractivity contribution in [1.82, 2.24) is 0 Å². The highest BCUT2D eigenvalue weighted by Crippen LogP contribution is 2.16. The van der Waals surface area contributed by atoms with Crippen LogP contribution in [-0.2, 0) is 11.2 Å². The number of ether oxygens (including phenoxy) is 1. The molecule has 0 heterocycles. The largest absolute Gasteiger partial charge is 0.479 e. The Morgan fingerprint density at radius 1 is 1.05 bits per heavy atom. The fourth-order valence-electron chi connectivity index (χ4n) is 1.90. The van der Waals surface area contributed by atoms with Crippen molar-refractivity contribution in [2.24, 2.45) is 0 Å². The van der Waals surface area contributed by atoms with Crippen molar-refractivity contribution in [1.29, 1.82) is 0 Å². The van der Waals surface area contributed by atoms with E-state index in [4.69, 9.17) is 17.0 Å². The molecule has 0 aliphatic carbocycles. The molecule has 2 heteroatoms. The Hall–Kier alpha value is -1.93. The molecule has 2 aromatic rings. The SMILES string of the molecule is C=CCOC(=S)c1ccccc1Cc1ccccc1. The van der Waals surface area contributed by atoms with Crippen molar-refractivity contribution in [3.63, 3.8) is 0 Å². The van der Waals surface area contributed by atoms with E-state index in [1.165, 1.54) is 11.1 Å². The number of hydrogen-bond donors (Lipinski definition) is 0. The molecule has 0 saturated heterocycles. The lowest BCUT2D eigenvalue weighted by Crippen LogP contribution is -2.07. The highest BCUT2D eigenvalue weighted by atomic mass is 32.1. The first-order chi connectivity index (χ1) is 9.31. The van der Waals surface area contributed by atoms with Gasteiger partial charge in [-0.05, 0) is 29.8 Å². The Bertz CT molecular complexity index is 560. The van der Waals surface area contributed by atoms with Crippen molar-refractivity contribution >= 4 is 17.3 Å². The van der Waals surface area contributed by atoms with Crippen LogP contribution in [0.5, 0.6) is 0 Å². The van der Waals surface area contributed by atoms with E-state index in [9.17, 15) is 0 Å². The van der Waals surface area contributed by atoms with Crippen molar-refractivity contribution in [2.75, 3.05) is 6.61 Å². The molecule has 0 spiro atoms. The minimum atomic E-state index is 0.443. The lowest BCUT2D eigenvalue weighted by molar-refractivity contribution is 0.361. The standard InChI is InChI=1S/C17H16OS/c1-2-12-18-17(19)16-11-7-6-10-15(16)13-14-8-4-3-5-9-14/h2-11H,1,12-13H2. The molecular weight excluding hydrogens is 252 g/mol. The molecule has 0 bridgehead atoms. The van der Waals surface area contributed by atoms with Crippen LogP contribution in [-0.4, -0.2) is 11.7 Å². The number of thiocarbonyl (C=S) groups is 1. The first-order valence-electron chi connectivity index (χ1n) is 6.21. The van der Waals surface area contributed by atoms with Crippen molar-refractivity contribution in [3.8, 4) is 0 Å². The summed E-state index contributed by atoms with van der Waals surface area (Å²) < 4.78 is 5.47. The summed E-state index contributed by atoms with van der Waals surface area (Å²) in [7, 11) is 0. The van der Waals surface area contributed by atoms with Crippen LogP contribution in [0.15, 0.2) is 67.3 Å². The molecule has 0 N–H and O–H groups in total. The summed E-state index contributed by atoms with van der Waals surface area (Å²) in [5.41, 5.74) is 3.44. The minimum Gasteiger partial charge on any atom is -0.479 e. The van der Waals surface area contributed by atoms with Gasteiger partial charge in [-0.1, -0.05) is 67.3 Å². The normalized spacial score (nSPS) is 9.89. The van der Waals surface area contributed by atoms with Gasteiger partial charge >= 0.3 is 0 Å². The zero-order chi connectivity index (χ0) is 13.5. The van der Waals surface area contributed by atoms with Gasteiger partial charge in [-0.2, -0.15) is 0 Å². The van der Waals surface area contributed by atoms with Crippen LogP contribution in [0.3, 0.4) is 0 Å². The van der Waals surface area contributed by atoms with E-state index in [1.807, 2.05) is 36.4 Å². The van der Waals surface area contributed by atoms with E-state index in [1.54, 1.807) is 6.08 Å². The molecule has 0 aromatic heterocycles. The fraction of sp³-hybridized carbons (Fsp3) is 0.118. The van der Waals surface area contributed by atoms with Gasteiger partial charge in [0.05, 0.1) is 0 Å². The molecular formula is C17H16OS. The molecule has 0 atom stereocenters. The third-order valence-corrected chi connectivity index (χ3v) is 3.14. The molecule has 0 aliphatic rings. The minimum absolute atomic E-state index is 0.443. The zero-order valence-corrected chi connectivity index (χ0v) is 11.5. The quantitative estimate of drug-likeness (QED) is 0.595. The maximum absolute atomic E-state index is 5.47. The molecule has 19 heavy (non-hydrogen) atoms. The van der Waals surface area contributed by atoms with Crippen LogP contribution < -0.4 is 0 Å². The summed E-state index contributed by atoms with van der Waals surface area (Å²) in [5, 5.41) is 0.534. The third kappa shape index (κ3) is 3.76. The lowest BCUT2D eigenvalue weighted by atomic mass is 10.0. The third-order valence-electron chi connectivity index (χ3n) is 2.81. The average Bonchev–Trinajstić information content (AvgIpc) is 2.46. The molecule has 2 rings (SSSR count). The number of rotatable bonds is 5. The van der Waals surface area contributed by atoms with Gasteiger partial charge in [0.1, 0.15) is 6.61 Å². The van der Waals surface area contributed by atoms with Gasteiger partial charge in [0.15, 0.2) is 5.05 Å². The van der Waals surface area contributed by atoms with Crippen LogP contribution in [0, 0.1) is 0 Å². The molecule has 0 fully saturated rings. The summed E-state index contributed by atoms with van der Waals surface area (Å²) in [6.07, 6.45) is 2.56. The van der Waals surface area contributed by atoms with Gasteiger partial charge in [-0.25, -0.2) is 0 Å². The Kier molecular flexibility index (Phi) is 4.87. The highest BCUT2D eigenvalue weighted by molar-refractivity contribution is 7.80. The van der Waals surface area contributed by atoms with E-state index in [2.05, 4.69) is 24.8 Å². The topological polar surface area (TPSA) is 9.23 Å². The number of hydrogen-bond acceptors (Lipinski definition) is 2. The van der Waals surface area contributed by atoms with Gasteiger partial charge < -0.3 is 4.74 Å². The van der Waals surface area contributed by atoms with Crippen LogP contribution >= 0.6 is 12.2 Å². The van der Waals surface area contributed by atoms with E-state index in [0.29, 0.717) is 11.7 Å². The van der Waals surface area contributed by atoms with E-state index >= 15 is 0 Å². The molecule has 0 aliphatic heterocycles. The molecule has 0 saturated carbocycles. The summed E-state index contributed by atoms with van der Waals surface area (Å²) in [6.45, 7) is 4.07. The van der Waals surface area contributed by atoms with Crippen LogP contribution in [0.2, 0.25) is 0 Å². The van der Waals surface area contributed by atoms with Gasteiger partial charge in [0.25, 0.3) is 0 Å². The summed E-state index contributed by atoms with van der Waals surface area (Å²) >= 11 is 5.32. The summed E-state index contributed by atoms with van der Waals surface area (Å²) in [6, 6.07) is 18.4. The predicted octanol–water partition coefficient (Wildman–Crippen LogP) is 4.16. The fourth-order valence-corrected chi connectivity index (χ4v) is 2.17. The van der Waals surface area contributed by atoms with Gasteiger partial charge in [0, 0.05) is 5.56 Å². The van der Waals surface area contributed by atoms with Crippen LogP contribution in [0.4, 0.5) is 0 Å². The van der Waals surface area contributed by atoms with Crippen molar-refractivity contribution < 1.29 is 4.74 Å². The Labute approximate surface area is 119 Å². The second-order valence-corrected chi connectivity index (χ2v) is 4.58. The zero-order valence-electron chi connectivity index (χ0n) is 10.7. The van der Waals surface area contributed by atoms with Crippen LogP contribution in [0.25, 0.3) is 0 Å². The Balaban J connectivity index is 2.21. The number of benzene rings is 2. The molecule has 0 unspecified atom stereocenters. The monoisotopic (exact) mass is 268 g/mol. The van der Waals surface area contributed by atoms with Crippen molar-refractivity contribution in [2.45, 2.75) is 6.42 Å². The molecule has 96 valence electrons. The Morgan fingerprint density at radius 2 is 1.74 bits per heavy atom. The second kappa shape index (κ2) is 6.86. The maximum atomic E-state index is 5.47. The Morgan fingerprint density at radius 3 is 2.47 bits per heavy atom. The summed E-state index contributed by atoms with van der Waals surface area (Å²) in [5.74, 6) is 0. The van der Waals surface area contributed by atoms with Gasteiger partial charge in [-0.15, -0.1) is 0 Å². The molecule has 0 radical (unpaired) electrons. The predicted molar refractivity (Wildman–Crippen MR) is 83.5 cm³/mol. The van der Waals surface area contributed by atoms with Crippen molar-refractivity contribution in [3.05, 3.63) is 83.9 Å². The van der Waals surface area contributed by atoms with E-state index in [0.717, 1.165) is 12.0 Å². The maximum Gasteiger partial charge on any atom is 0.191 e. The summed E-state index contributed by atoms with van der Waals surface area (Å²) in [4.78, 5) is 0. The molecule has 1 nitrogen and oxygen atoms in total. The first-order valence-corrected chi connectivity index (χ1v) is 6.62. The first kappa shape index (κ1) is 13.5. The molecule has 2 aromatic carbocycles. The average molecular weight is 268 g/mol. The van der Waals surface area contributed by atoms with E-state index < -0.39 is 0 Å².